The predicted molar refractivity (Wildman–Crippen MR) is 66.4 cm³/mol. The van der Waals surface area contributed by atoms with Gasteiger partial charge in [-0.2, -0.15) is 11.8 Å². The molecule has 0 aliphatic carbocycles. The zero-order chi connectivity index (χ0) is 11.3. The van der Waals surface area contributed by atoms with Crippen LogP contribution in [0.4, 0.5) is 0 Å². The van der Waals surface area contributed by atoms with Crippen molar-refractivity contribution in [2.24, 2.45) is 5.73 Å². The highest BCUT2D eigenvalue weighted by Gasteiger charge is 2.05. The second kappa shape index (κ2) is 6.26. The minimum absolute atomic E-state index is 0.284. The van der Waals surface area contributed by atoms with E-state index in [1.807, 2.05) is 6.07 Å². The van der Waals surface area contributed by atoms with Crippen molar-refractivity contribution in [1.82, 2.24) is 0 Å². The number of nitrogens with two attached hydrogens (primary N) is 1. The van der Waals surface area contributed by atoms with Gasteiger partial charge in [0.2, 0.25) is 5.91 Å². The molecule has 0 unspecified atom stereocenters. The van der Waals surface area contributed by atoms with Crippen LogP contribution in [0.3, 0.4) is 0 Å². The molecule has 2 N–H and O–H groups in total. The maximum atomic E-state index is 10.5. The fraction of sp³-hybridized carbons (Fsp3) is 0.300. The Hall–Kier alpha value is -0.380. The Labute approximate surface area is 103 Å². The maximum Gasteiger partial charge on any atom is 0.218 e. The average Bonchev–Trinajstić information content (AvgIpc) is 2.15. The first kappa shape index (κ1) is 12.7. The monoisotopic (exact) mass is 263 g/mol. The number of hydrogen-bond donors (Lipinski definition) is 1. The lowest BCUT2D eigenvalue weighted by molar-refractivity contribution is -0.117. The van der Waals surface area contributed by atoms with Crippen molar-refractivity contribution in [1.29, 1.82) is 0 Å². The zero-order valence-corrected chi connectivity index (χ0v) is 10.3. The molecule has 0 radical (unpaired) electrons. The van der Waals surface area contributed by atoms with Crippen LogP contribution in [0.25, 0.3) is 0 Å². The maximum absolute atomic E-state index is 10.5. The SMILES string of the molecule is NC(=O)CCSCc1c(Cl)cccc1Cl. The van der Waals surface area contributed by atoms with Gasteiger partial charge in [-0.05, 0) is 17.7 Å². The van der Waals surface area contributed by atoms with Gasteiger partial charge in [-0.25, -0.2) is 0 Å². The van der Waals surface area contributed by atoms with E-state index in [9.17, 15) is 4.79 Å². The van der Waals surface area contributed by atoms with Crippen LogP contribution in [0, 0.1) is 0 Å². The first-order valence-corrected chi connectivity index (χ1v) is 6.31. The van der Waals surface area contributed by atoms with E-state index < -0.39 is 0 Å². The van der Waals surface area contributed by atoms with Crippen molar-refractivity contribution in [2.45, 2.75) is 12.2 Å². The highest BCUT2D eigenvalue weighted by molar-refractivity contribution is 7.98. The molecule has 0 saturated heterocycles. The molecule has 1 amide bonds. The molecule has 0 atom stereocenters. The minimum atomic E-state index is -0.284. The normalized spacial score (nSPS) is 10.3. The number of amides is 1. The molecule has 1 rings (SSSR count). The lowest BCUT2D eigenvalue weighted by atomic mass is 10.2. The molecular weight excluding hydrogens is 253 g/mol. The summed E-state index contributed by atoms with van der Waals surface area (Å²) in [6, 6.07) is 5.41. The van der Waals surface area contributed by atoms with Crippen molar-refractivity contribution in [3.8, 4) is 0 Å². The fourth-order valence-corrected chi connectivity index (χ4v) is 2.71. The van der Waals surface area contributed by atoms with Crippen LogP contribution in [0.2, 0.25) is 10.0 Å². The standard InChI is InChI=1S/C10H11Cl2NOS/c11-8-2-1-3-9(12)7(8)6-15-5-4-10(13)14/h1-3H,4-6H2,(H2,13,14). The van der Waals surface area contributed by atoms with Gasteiger partial charge in [-0.1, -0.05) is 29.3 Å². The quantitative estimate of drug-likeness (QED) is 0.830. The van der Waals surface area contributed by atoms with Crippen LogP contribution in [-0.4, -0.2) is 11.7 Å². The molecule has 15 heavy (non-hydrogen) atoms. The second-order valence-corrected chi connectivity index (χ2v) is 4.89. The highest BCUT2D eigenvalue weighted by atomic mass is 35.5. The minimum Gasteiger partial charge on any atom is -0.370 e. The third kappa shape index (κ3) is 4.33. The lowest BCUT2D eigenvalue weighted by Crippen LogP contribution is -2.10. The van der Waals surface area contributed by atoms with Crippen LogP contribution in [0.1, 0.15) is 12.0 Å². The summed E-state index contributed by atoms with van der Waals surface area (Å²) in [5.74, 6) is 1.11. The van der Waals surface area contributed by atoms with Crippen molar-refractivity contribution in [3.63, 3.8) is 0 Å². The predicted octanol–water partition coefficient (Wildman–Crippen LogP) is 3.10. The molecule has 0 aromatic heterocycles. The number of thioether (sulfide) groups is 1. The first-order chi connectivity index (χ1) is 7.11. The molecule has 1 aromatic carbocycles. The van der Waals surface area contributed by atoms with Crippen molar-refractivity contribution in [2.75, 3.05) is 5.75 Å². The van der Waals surface area contributed by atoms with Crippen molar-refractivity contribution in [3.05, 3.63) is 33.8 Å². The van der Waals surface area contributed by atoms with Crippen LogP contribution in [-0.2, 0) is 10.5 Å². The van der Waals surface area contributed by atoms with Gasteiger partial charge in [0.1, 0.15) is 0 Å². The summed E-state index contributed by atoms with van der Waals surface area (Å²) in [7, 11) is 0. The third-order valence-corrected chi connectivity index (χ3v) is 3.49. The average molecular weight is 264 g/mol. The fourth-order valence-electron chi connectivity index (χ4n) is 1.02. The van der Waals surface area contributed by atoms with E-state index in [1.54, 1.807) is 23.9 Å². The number of primary amides is 1. The molecule has 0 aliphatic rings. The molecule has 0 bridgehead atoms. The van der Waals surface area contributed by atoms with Gasteiger partial charge < -0.3 is 5.73 Å². The number of rotatable bonds is 5. The molecule has 5 heteroatoms. The smallest absolute Gasteiger partial charge is 0.218 e. The summed E-state index contributed by atoms with van der Waals surface area (Å²) in [5, 5.41) is 1.32. The summed E-state index contributed by atoms with van der Waals surface area (Å²) in [6.45, 7) is 0. The van der Waals surface area contributed by atoms with E-state index in [2.05, 4.69) is 0 Å². The summed E-state index contributed by atoms with van der Waals surface area (Å²) in [4.78, 5) is 10.5. The number of carbonyl (C=O) groups excluding carboxylic acids is 1. The molecule has 82 valence electrons. The van der Waals surface area contributed by atoms with Gasteiger partial charge in [-0.3, -0.25) is 4.79 Å². The molecular formula is C10H11Cl2NOS. The molecule has 0 spiro atoms. The van der Waals surface area contributed by atoms with Gasteiger partial charge in [0.25, 0.3) is 0 Å². The zero-order valence-electron chi connectivity index (χ0n) is 8.00. The first-order valence-electron chi connectivity index (χ1n) is 4.40. The molecule has 0 aliphatic heterocycles. The Kier molecular flexibility index (Phi) is 5.29. The molecule has 1 aromatic rings. The Bertz CT molecular complexity index is 337. The Morgan fingerprint density at radius 1 is 1.33 bits per heavy atom. The van der Waals surface area contributed by atoms with Crippen LogP contribution < -0.4 is 5.73 Å². The summed E-state index contributed by atoms with van der Waals surface area (Å²) in [5.41, 5.74) is 5.94. The Balaban J connectivity index is 2.47. The van der Waals surface area contributed by atoms with Gasteiger partial charge in [-0.15, -0.1) is 0 Å². The van der Waals surface area contributed by atoms with E-state index in [1.165, 1.54) is 0 Å². The van der Waals surface area contributed by atoms with Crippen molar-refractivity contribution < 1.29 is 4.79 Å². The van der Waals surface area contributed by atoms with Gasteiger partial charge >= 0.3 is 0 Å². The van der Waals surface area contributed by atoms with E-state index in [0.29, 0.717) is 28.0 Å². The van der Waals surface area contributed by atoms with Gasteiger partial charge in [0.15, 0.2) is 0 Å². The Morgan fingerprint density at radius 3 is 2.47 bits per heavy atom. The summed E-state index contributed by atoms with van der Waals surface area (Å²) in [6.07, 6.45) is 0.382. The third-order valence-electron chi connectivity index (χ3n) is 1.80. The molecule has 0 heterocycles. The Morgan fingerprint density at radius 2 is 1.93 bits per heavy atom. The van der Waals surface area contributed by atoms with Crippen LogP contribution in [0.15, 0.2) is 18.2 Å². The van der Waals surface area contributed by atoms with Gasteiger partial charge in [0, 0.05) is 28.0 Å². The van der Waals surface area contributed by atoms with Crippen molar-refractivity contribution >= 4 is 40.9 Å². The number of carbonyl (C=O) groups is 1. The second-order valence-electron chi connectivity index (χ2n) is 2.97. The molecule has 0 fully saturated rings. The molecule has 2 nitrogen and oxygen atoms in total. The van der Waals surface area contributed by atoms with E-state index >= 15 is 0 Å². The highest BCUT2D eigenvalue weighted by Crippen LogP contribution is 2.28. The van der Waals surface area contributed by atoms with Crippen LogP contribution >= 0.6 is 35.0 Å². The number of halogens is 2. The largest absolute Gasteiger partial charge is 0.370 e. The van der Waals surface area contributed by atoms with E-state index in [4.69, 9.17) is 28.9 Å². The molecule has 0 saturated carbocycles. The topological polar surface area (TPSA) is 43.1 Å². The summed E-state index contributed by atoms with van der Waals surface area (Å²) < 4.78 is 0. The number of benzene rings is 1. The number of hydrogen-bond acceptors (Lipinski definition) is 2. The van der Waals surface area contributed by atoms with Crippen LogP contribution in [0.5, 0.6) is 0 Å². The van der Waals surface area contributed by atoms with E-state index in [0.717, 1.165) is 5.56 Å². The summed E-state index contributed by atoms with van der Waals surface area (Å²) >= 11 is 13.6. The lowest BCUT2D eigenvalue weighted by Gasteiger charge is -2.05. The van der Waals surface area contributed by atoms with E-state index in [-0.39, 0.29) is 5.91 Å². The van der Waals surface area contributed by atoms with Gasteiger partial charge in [0.05, 0.1) is 0 Å².